The topological polar surface area (TPSA) is 122 Å². The molecular formula is C32H31ClF3N7O3S2. The molecule has 48 heavy (non-hydrogen) atoms. The molecule has 1 fully saturated rings. The van der Waals surface area contributed by atoms with Crippen molar-refractivity contribution in [3.63, 3.8) is 0 Å². The fourth-order valence-electron chi connectivity index (χ4n) is 4.81. The number of anilines is 4. The summed E-state index contributed by atoms with van der Waals surface area (Å²) in [6, 6.07) is 11.9. The molecule has 10 nitrogen and oxygen atoms in total. The number of nitrogens with one attached hydrogen (secondary N) is 2. The van der Waals surface area contributed by atoms with Gasteiger partial charge in [-0.2, -0.15) is 0 Å². The predicted octanol–water partition coefficient (Wildman–Crippen LogP) is 7.18. The number of aromatic nitrogens is 4. The van der Waals surface area contributed by atoms with E-state index in [4.69, 9.17) is 14.7 Å². The number of nitrogens with zero attached hydrogens (tertiary/aromatic N) is 5. The van der Waals surface area contributed by atoms with Gasteiger partial charge in [0.25, 0.3) is 10.0 Å². The van der Waals surface area contributed by atoms with Crippen molar-refractivity contribution < 1.29 is 26.3 Å². The number of pyridine rings is 1. The van der Waals surface area contributed by atoms with Crippen LogP contribution in [-0.4, -0.2) is 54.7 Å². The molecule has 0 atom stereocenters. The highest BCUT2D eigenvalue weighted by Gasteiger charge is 2.27. The number of thiazole rings is 1. The van der Waals surface area contributed by atoms with Crippen LogP contribution in [0.4, 0.5) is 36.3 Å². The first-order valence-electron chi connectivity index (χ1n) is 14.6. The Morgan fingerprint density at radius 3 is 2.31 bits per heavy atom. The lowest BCUT2D eigenvalue weighted by Gasteiger charge is -2.27. The average Bonchev–Trinajstić information content (AvgIpc) is 3.50. The summed E-state index contributed by atoms with van der Waals surface area (Å²) in [4.78, 5) is 20.0. The highest BCUT2D eigenvalue weighted by molar-refractivity contribution is 7.92. The van der Waals surface area contributed by atoms with Crippen LogP contribution < -0.4 is 14.9 Å². The molecule has 1 aliphatic heterocycles. The zero-order chi connectivity index (χ0) is 33.3. The van der Waals surface area contributed by atoms with Gasteiger partial charge < -0.3 is 15.0 Å². The summed E-state index contributed by atoms with van der Waals surface area (Å²) in [6.45, 7) is 8.82. The largest absolute Gasteiger partial charge is 0.378 e. The number of hydrogen-bond donors (Lipinski definition) is 2. The van der Waals surface area contributed by atoms with E-state index in [1.54, 1.807) is 18.5 Å². The molecule has 1 saturated heterocycles. The first-order chi connectivity index (χ1) is 22.4. The van der Waals surface area contributed by atoms with Crippen LogP contribution >= 0.6 is 23.7 Å². The number of morpholine rings is 1. The Hall–Kier alpha value is -4.31. The van der Waals surface area contributed by atoms with Crippen LogP contribution in [-0.2, 0) is 20.2 Å². The first-order valence-corrected chi connectivity index (χ1v) is 16.9. The third kappa shape index (κ3) is 7.54. The van der Waals surface area contributed by atoms with Crippen LogP contribution in [0.2, 0.25) is 0 Å². The van der Waals surface area contributed by atoms with E-state index >= 15 is 0 Å². The maximum atomic E-state index is 15.0. The number of halogens is 4. The van der Waals surface area contributed by atoms with Crippen LogP contribution in [0.25, 0.3) is 21.8 Å². The minimum Gasteiger partial charge on any atom is -0.378 e. The molecule has 5 aromatic rings. The quantitative estimate of drug-likeness (QED) is 0.172. The van der Waals surface area contributed by atoms with Crippen LogP contribution in [0.1, 0.15) is 25.8 Å². The third-order valence-electron chi connectivity index (χ3n) is 7.17. The number of ether oxygens (including phenoxy) is 1. The lowest BCUT2D eigenvalue weighted by molar-refractivity contribution is 0.122. The highest BCUT2D eigenvalue weighted by atomic mass is 35.5. The van der Waals surface area contributed by atoms with E-state index in [2.05, 4.69) is 20.2 Å². The molecule has 16 heteroatoms. The molecule has 2 N–H and O–H groups in total. The van der Waals surface area contributed by atoms with Gasteiger partial charge in [-0.05, 0) is 48.5 Å². The number of rotatable bonds is 8. The maximum absolute atomic E-state index is 15.0. The van der Waals surface area contributed by atoms with E-state index in [1.807, 2.05) is 37.6 Å². The van der Waals surface area contributed by atoms with Crippen molar-refractivity contribution in [2.24, 2.45) is 0 Å². The molecule has 3 aromatic heterocycles. The van der Waals surface area contributed by atoms with Gasteiger partial charge in [0.1, 0.15) is 23.3 Å². The van der Waals surface area contributed by atoms with Gasteiger partial charge >= 0.3 is 0 Å². The van der Waals surface area contributed by atoms with Gasteiger partial charge in [-0.3, -0.25) is 4.72 Å². The summed E-state index contributed by atoms with van der Waals surface area (Å²) < 4.78 is 76.9. The van der Waals surface area contributed by atoms with Crippen molar-refractivity contribution in [1.82, 2.24) is 19.9 Å². The van der Waals surface area contributed by atoms with E-state index in [-0.39, 0.29) is 17.8 Å². The van der Waals surface area contributed by atoms with E-state index < -0.39 is 38.1 Å². The Kier molecular flexibility index (Phi) is 10.2. The lowest BCUT2D eigenvalue weighted by Crippen LogP contribution is -2.36. The Bertz CT molecular complexity index is 2020. The second-order valence-electron chi connectivity index (χ2n) is 11.7. The average molecular weight is 718 g/mol. The molecule has 0 radical (unpaired) electrons. The van der Waals surface area contributed by atoms with E-state index in [1.165, 1.54) is 23.5 Å². The van der Waals surface area contributed by atoms with E-state index in [9.17, 15) is 21.6 Å². The van der Waals surface area contributed by atoms with Gasteiger partial charge in [-0.25, -0.2) is 41.5 Å². The molecule has 0 aliphatic carbocycles. The highest BCUT2D eigenvalue weighted by Crippen LogP contribution is 2.41. The van der Waals surface area contributed by atoms with Crippen LogP contribution in [0.3, 0.4) is 0 Å². The SMILES string of the molecule is CC(C)(C)c1nc(-c2ccc(F)c(NS(=O)(=O)c3c(F)cccc3F)c2)c(-c2ccnc(Nc3ccc(N4CCOCC4)nc3)n2)s1.Cl. The molecule has 0 bridgehead atoms. The molecule has 0 saturated carbocycles. The second kappa shape index (κ2) is 14.0. The molecule has 0 spiro atoms. The Labute approximate surface area is 285 Å². The molecule has 1 aliphatic rings. The minimum absolute atomic E-state index is 0. The number of benzene rings is 2. The fraction of sp³-hybridized carbons (Fsp3) is 0.250. The van der Waals surface area contributed by atoms with Crippen molar-refractivity contribution in [3.05, 3.63) is 89.5 Å². The first kappa shape index (κ1) is 35.0. The monoisotopic (exact) mass is 717 g/mol. The summed E-state index contributed by atoms with van der Waals surface area (Å²) >= 11 is 1.38. The van der Waals surface area contributed by atoms with E-state index in [0.29, 0.717) is 46.7 Å². The van der Waals surface area contributed by atoms with Gasteiger partial charge in [0.05, 0.1) is 52.1 Å². The lowest BCUT2D eigenvalue weighted by atomic mass is 9.98. The van der Waals surface area contributed by atoms with Crippen LogP contribution in [0, 0.1) is 17.5 Å². The standard InChI is InChI=1S/C32H30F3N7O3S2.ClH/c1-32(2,3)30-40-27(19-7-9-21(33)25(17-19)41-47(43,44)29-22(34)5-4-6-23(29)35)28(46-30)24-11-12-36-31(39-24)38-20-8-10-26(37-18-20)42-13-15-45-16-14-42;/h4-12,17-18,41H,13-16H2,1-3H3,(H,36,38,39);1H. The van der Waals surface area contributed by atoms with Gasteiger partial charge in [-0.1, -0.05) is 26.8 Å². The number of sulfonamides is 1. The van der Waals surface area contributed by atoms with Crippen molar-refractivity contribution >= 4 is 56.9 Å². The molecule has 0 unspecified atom stereocenters. The Morgan fingerprint density at radius 1 is 0.917 bits per heavy atom. The van der Waals surface area contributed by atoms with Crippen LogP contribution in [0.5, 0.6) is 0 Å². The summed E-state index contributed by atoms with van der Waals surface area (Å²) in [5, 5.41) is 3.92. The maximum Gasteiger partial charge on any atom is 0.267 e. The zero-order valence-corrected chi connectivity index (χ0v) is 28.4. The van der Waals surface area contributed by atoms with Crippen LogP contribution in [0.15, 0.2) is 71.9 Å². The molecule has 252 valence electrons. The fourth-order valence-corrected chi connectivity index (χ4v) is 7.12. The molecule has 4 heterocycles. The molecular weight excluding hydrogens is 687 g/mol. The normalized spacial score (nSPS) is 13.6. The third-order valence-corrected chi connectivity index (χ3v) is 10.1. The summed E-state index contributed by atoms with van der Waals surface area (Å²) in [7, 11) is -4.82. The zero-order valence-electron chi connectivity index (χ0n) is 26.0. The van der Waals surface area contributed by atoms with Gasteiger partial charge in [0.15, 0.2) is 4.90 Å². The minimum atomic E-state index is -4.82. The number of hydrogen-bond acceptors (Lipinski definition) is 10. The molecule has 0 amide bonds. The van der Waals surface area contributed by atoms with Crippen molar-refractivity contribution in [2.75, 3.05) is 41.2 Å². The molecule has 2 aromatic carbocycles. The Morgan fingerprint density at radius 2 is 1.65 bits per heavy atom. The van der Waals surface area contributed by atoms with E-state index in [0.717, 1.165) is 48.2 Å². The second-order valence-corrected chi connectivity index (χ2v) is 14.3. The van der Waals surface area contributed by atoms with Crippen molar-refractivity contribution in [3.8, 4) is 21.8 Å². The Balaban J connectivity index is 0.00000451. The van der Waals surface area contributed by atoms with Gasteiger partial charge in [-0.15, -0.1) is 23.7 Å². The summed E-state index contributed by atoms with van der Waals surface area (Å²) in [6.07, 6.45) is 3.29. The van der Waals surface area contributed by atoms with Crippen molar-refractivity contribution in [2.45, 2.75) is 31.1 Å². The summed E-state index contributed by atoms with van der Waals surface area (Å²) in [5.74, 6) is -2.40. The van der Waals surface area contributed by atoms with Gasteiger partial charge in [0.2, 0.25) is 5.95 Å². The molecule has 6 rings (SSSR count). The van der Waals surface area contributed by atoms with Crippen molar-refractivity contribution in [1.29, 1.82) is 0 Å². The van der Waals surface area contributed by atoms with Gasteiger partial charge in [0, 0.05) is 30.3 Å². The predicted molar refractivity (Wildman–Crippen MR) is 182 cm³/mol. The smallest absolute Gasteiger partial charge is 0.267 e. The summed E-state index contributed by atoms with van der Waals surface area (Å²) in [5.41, 5.74) is 1.10.